The van der Waals surface area contributed by atoms with Crippen molar-refractivity contribution in [1.29, 1.82) is 0 Å². The second kappa shape index (κ2) is 5.81. The first kappa shape index (κ1) is 12.9. The molecule has 0 spiro atoms. The van der Waals surface area contributed by atoms with Crippen molar-refractivity contribution in [2.75, 3.05) is 27.2 Å². The number of likely N-dealkylation sites (N-methyl/N-ethyl adjacent to an activating group) is 1. The van der Waals surface area contributed by atoms with Gasteiger partial charge in [0.2, 0.25) is 5.91 Å². The second-order valence-corrected chi connectivity index (χ2v) is 4.10. The lowest BCUT2D eigenvalue weighted by atomic mass is 10.1. The van der Waals surface area contributed by atoms with Gasteiger partial charge in [-0.15, -0.1) is 0 Å². The largest absolute Gasteiger partial charge is 0.453 e. The molecule has 1 fully saturated rings. The summed E-state index contributed by atoms with van der Waals surface area (Å²) < 4.78 is 4.33. The van der Waals surface area contributed by atoms with Crippen LogP contribution in [0.4, 0.5) is 4.79 Å². The van der Waals surface area contributed by atoms with E-state index >= 15 is 0 Å². The van der Waals surface area contributed by atoms with Crippen LogP contribution in [0.15, 0.2) is 0 Å². The number of nitrogens with zero attached hydrogens (tertiary/aromatic N) is 1. The number of alkyl carbamates (subject to hydrolysis) is 1. The molecule has 0 aliphatic heterocycles. The molecule has 6 nitrogen and oxygen atoms in total. The average molecular weight is 229 g/mol. The van der Waals surface area contributed by atoms with Gasteiger partial charge in [0, 0.05) is 12.6 Å². The van der Waals surface area contributed by atoms with Crippen molar-refractivity contribution in [1.82, 2.24) is 10.2 Å². The van der Waals surface area contributed by atoms with Gasteiger partial charge in [-0.2, -0.15) is 0 Å². The van der Waals surface area contributed by atoms with Gasteiger partial charge >= 0.3 is 6.09 Å². The first-order chi connectivity index (χ1) is 7.58. The van der Waals surface area contributed by atoms with Gasteiger partial charge in [-0.3, -0.25) is 15.0 Å². The maximum absolute atomic E-state index is 11.4. The fourth-order valence-corrected chi connectivity index (χ4v) is 1.76. The highest BCUT2D eigenvalue weighted by atomic mass is 16.5. The van der Waals surface area contributed by atoms with E-state index < -0.39 is 6.09 Å². The monoisotopic (exact) mass is 229 g/mol. The van der Waals surface area contributed by atoms with Crippen molar-refractivity contribution in [3.8, 4) is 0 Å². The van der Waals surface area contributed by atoms with Crippen molar-refractivity contribution in [3.05, 3.63) is 0 Å². The molecule has 0 radical (unpaired) electrons. The Kier molecular flexibility index (Phi) is 4.70. The molecule has 0 aromatic carbocycles. The van der Waals surface area contributed by atoms with Crippen molar-refractivity contribution in [2.45, 2.75) is 18.9 Å². The minimum Gasteiger partial charge on any atom is -0.453 e. The third kappa shape index (κ3) is 3.79. The molecule has 92 valence electrons. The molecule has 0 bridgehead atoms. The summed E-state index contributed by atoms with van der Waals surface area (Å²) in [6.45, 7) is 0.695. The maximum atomic E-state index is 11.4. The van der Waals surface area contributed by atoms with Crippen LogP contribution in [0.25, 0.3) is 0 Å². The van der Waals surface area contributed by atoms with Crippen molar-refractivity contribution < 1.29 is 14.3 Å². The molecule has 6 heteroatoms. The number of nitrogens with two attached hydrogens (primary N) is 1. The zero-order chi connectivity index (χ0) is 12.1. The van der Waals surface area contributed by atoms with Crippen LogP contribution >= 0.6 is 0 Å². The van der Waals surface area contributed by atoms with Gasteiger partial charge in [0.15, 0.2) is 0 Å². The SMILES string of the molecule is COC(=O)NC(=O)CN(C)C(CN)C1CC1. The molecule has 2 amide bonds. The van der Waals surface area contributed by atoms with Gasteiger partial charge in [0.05, 0.1) is 13.7 Å². The molecule has 1 saturated carbocycles. The smallest absolute Gasteiger partial charge is 0.413 e. The summed E-state index contributed by atoms with van der Waals surface area (Å²) in [5.41, 5.74) is 5.65. The van der Waals surface area contributed by atoms with Gasteiger partial charge in [-0.25, -0.2) is 4.79 Å². The predicted molar refractivity (Wildman–Crippen MR) is 58.7 cm³/mol. The van der Waals surface area contributed by atoms with E-state index in [1.54, 1.807) is 0 Å². The molecule has 3 N–H and O–H groups in total. The zero-order valence-electron chi connectivity index (χ0n) is 9.73. The van der Waals surface area contributed by atoms with Gasteiger partial charge in [-0.1, -0.05) is 0 Å². The first-order valence-electron chi connectivity index (χ1n) is 5.36. The molecule has 1 rings (SSSR count). The van der Waals surface area contributed by atoms with Gasteiger partial charge in [-0.05, 0) is 25.8 Å². The van der Waals surface area contributed by atoms with E-state index in [0.717, 1.165) is 0 Å². The van der Waals surface area contributed by atoms with Gasteiger partial charge < -0.3 is 10.5 Å². The van der Waals surface area contributed by atoms with E-state index in [4.69, 9.17) is 5.73 Å². The average Bonchev–Trinajstić information content (AvgIpc) is 3.02. The Bertz CT molecular complexity index is 266. The van der Waals surface area contributed by atoms with E-state index in [1.807, 2.05) is 11.9 Å². The lowest BCUT2D eigenvalue weighted by Crippen LogP contribution is -2.46. The van der Waals surface area contributed by atoms with Crippen molar-refractivity contribution in [3.63, 3.8) is 0 Å². The van der Waals surface area contributed by atoms with Crippen LogP contribution in [0.5, 0.6) is 0 Å². The third-order valence-corrected chi connectivity index (χ3v) is 2.79. The minimum absolute atomic E-state index is 0.160. The summed E-state index contributed by atoms with van der Waals surface area (Å²) in [4.78, 5) is 24.1. The fourth-order valence-electron chi connectivity index (χ4n) is 1.76. The van der Waals surface area contributed by atoms with E-state index in [0.29, 0.717) is 12.5 Å². The second-order valence-electron chi connectivity index (χ2n) is 4.10. The highest BCUT2D eigenvalue weighted by Crippen LogP contribution is 2.34. The standard InChI is InChI=1S/C10H19N3O3/c1-13(8(5-11)7-3-4-7)6-9(14)12-10(15)16-2/h7-8H,3-6,11H2,1-2H3,(H,12,14,15). The van der Waals surface area contributed by atoms with Crippen LogP contribution in [0.1, 0.15) is 12.8 Å². The molecule has 1 atom stereocenters. The van der Waals surface area contributed by atoms with Gasteiger partial charge in [0.25, 0.3) is 0 Å². The summed E-state index contributed by atoms with van der Waals surface area (Å²) in [6.07, 6.45) is 1.62. The van der Waals surface area contributed by atoms with Crippen LogP contribution in [0, 0.1) is 5.92 Å². The number of imide groups is 1. The number of amides is 2. The normalized spacial score (nSPS) is 17.0. The summed E-state index contributed by atoms with van der Waals surface area (Å²) >= 11 is 0. The molecular formula is C10H19N3O3. The Labute approximate surface area is 95.1 Å². The van der Waals surface area contributed by atoms with E-state index in [9.17, 15) is 9.59 Å². The zero-order valence-corrected chi connectivity index (χ0v) is 9.73. The number of carbonyl (C=O) groups is 2. The summed E-state index contributed by atoms with van der Waals surface area (Å²) in [5, 5.41) is 2.12. The quantitative estimate of drug-likeness (QED) is 0.666. The van der Waals surface area contributed by atoms with Crippen LogP contribution < -0.4 is 11.1 Å². The Hall–Kier alpha value is -1.14. The van der Waals surface area contributed by atoms with E-state index in [2.05, 4.69) is 10.1 Å². The summed E-state index contributed by atoms with van der Waals surface area (Å²) in [7, 11) is 3.06. The summed E-state index contributed by atoms with van der Waals surface area (Å²) in [5.74, 6) is 0.231. The van der Waals surface area contributed by atoms with E-state index in [1.165, 1.54) is 20.0 Å². The molecule has 16 heavy (non-hydrogen) atoms. The maximum Gasteiger partial charge on any atom is 0.413 e. The number of hydrogen-bond donors (Lipinski definition) is 2. The molecule has 1 aliphatic rings. The number of methoxy groups -OCH3 is 1. The Balaban J connectivity index is 2.34. The highest BCUT2D eigenvalue weighted by molar-refractivity contribution is 5.92. The van der Waals surface area contributed by atoms with Crippen LogP contribution in [0.2, 0.25) is 0 Å². The predicted octanol–water partition coefficient (Wildman–Crippen LogP) is -0.462. The fraction of sp³-hybridized carbons (Fsp3) is 0.800. The number of carbonyl (C=O) groups excluding carboxylic acids is 2. The van der Waals surface area contributed by atoms with Crippen molar-refractivity contribution in [2.24, 2.45) is 11.7 Å². The highest BCUT2D eigenvalue weighted by Gasteiger charge is 2.33. The van der Waals surface area contributed by atoms with Crippen LogP contribution in [-0.4, -0.2) is 50.2 Å². The molecule has 1 aliphatic carbocycles. The number of nitrogens with one attached hydrogen (secondary N) is 1. The molecule has 0 aromatic heterocycles. The molecule has 1 unspecified atom stereocenters. The summed E-state index contributed by atoms with van der Waals surface area (Å²) in [6, 6.07) is 0.225. The topological polar surface area (TPSA) is 84.7 Å². The lowest BCUT2D eigenvalue weighted by molar-refractivity contribution is -0.121. The van der Waals surface area contributed by atoms with Gasteiger partial charge in [0.1, 0.15) is 0 Å². The van der Waals surface area contributed by atoms with Crippen molar-refractivity contribution >= 4 is 12.0 Å². The molecule has 0 heterocycles. The third-order valence-electron chi connectivity index (χ3n) is 2.79. The minimum atomic E-state index is -0.728. The molecular weight excluding hydrogens is 210 g/mol. The number of ether oxygens (including phenoxy) is 1. The number of hydrogen-bond acceptors (Lipinski definition) is 5. The molecule has 0 saturated heterocycles. The first-order valence-corrected chi connectivity index (χ1v) is 5.36. The Morgan fingerprint density at radius 1 is 1.56 bits per heavy atom. The lowest BCUT2D eigenvalue weighted by Gasteiger charge is -2.25. The van der Waals surface area contributed by atoms with E-state index in [-0.39, 0.29) is 18.5 Å². The Morgan fingerprint density at radius 3 is 2.62 bits per heavy atom. The molecule has 0 aromatic rings. The van der Waals surface area contributed by atoms with Crippen LogP contribution in [-0.2, 0) is 9.53 Å². The number of rotatable bonds is 5. The Morgan fingerprint density at radius 2 is 2.19 bits per heavy atom. The van der Waals surface area contributed by atoms with Crippen LogP contribution in [0.3, 0.4) is 0 Å².